The fourth-order valence-corrected chi connectivity index (χ4v) is 3.36. The molecule has 1 N–H and O–H groups in total. The number of hydrogen-bond donors (Lipinski definition) is 1. The smallest absolute Gasteiger partial charge is 0.161 e. The molecule has 0 bridgehead atoms. The van der Waals surface area contributed by atoms with Gasteiger partial charge in [0.05, 0.1) is 13.2 Å². The average molecular weight is 291 g/mol. The molecule has 3 nitrogen and oxygen atoms in total. The first-order valence-electron chi connectivity index (χ1n) is 8.26. The van der Waals surface area contributed by atoms with Gasteiger partial charge >= 0.3 is 0 Å². The maximum atomic E-state index is 5.97. The lowest BCUT2D eigenvalue weighted by Gasteiger charge is -2.34. The van der Waals surface area contributed by atoms with Crippen LogP contribution in [0.1, 0.15) is 39.5 Å². The van der Waals surface area contributed by atoms with E-state index in [1.165, 1.54) is 19.3 Å². The van der Waals surface area contributed by atoms with Gasteiger partial charge in [-0.2, -0.15) is 0 Å². The lowest BCUT2D eigenvalue weighted by atomic mass is 9.77. The number of rotatable bonds is 7. The van der Waals surface area contributed by atoms with Crippen molar-refractivity contribution in [3.05, 3.63) is 24.3 Å². The summed E-state index contributed by atoms with van der Waals surface area (Å²) in [6.07, 6.45) is 5.05. The van der Waals surface area contributed by atoms with Crippen molar-refractivity contribution in [2.75, 3.05) is 20.3 Å². The topological polar surface area (TPSA) is 30.5 Å². The minimum atomic E-state index is 0.645. The lowest BCUT2D eigenvalue weighted by molar-refractivity contribution is 0.176. The summed E-state index contributed by atoms with van der Waals surface area (Å²) in [4.78, 5) is 0. The molecule has 0 amide bonds. The maximum absolute atomic E-state index is 5.97. The van der Waals surface area contributed by atoms with E-state index in [0.717, 1.165) is 36.4 Å². The second kappa shape index (κ2) is 8.28. The molecule has 118 valence electrons. The van der Waals surface area contributed by atoms with Crippen molar-refractivity contribution in [3.8, 4) is 11.5 Å². The summed E-state index contributed by atoms with van der Waals surface area (Å²) >= 11 is 0. The molecule has 1 aromatic rings. The van der Waals surface area contributed by atoms with Crippen LogP contribution in [-0.4, -0.2) is 26.3 Å². The third-order valence-corrected chi connectivity index (χ3v) is 4.51. The van der Waals surface area contributed by atoms with Crippen molar-refractivity contribution in [1.82, 2.24) is 5.32 Å². The van der Waals surface area contributed by atoms with Crippen molar-refractivity contribution in [3.63, 3.8) is 0 Å². The van der Waals surface area contributed by atoms with E-state index >= 15 is 0 Å². The molecule has 1 saturated carbocycles. The van der Waals surface area contributed by atoms with Gasteiger partial charge in [0, 0.05) is 6.04 Å². The Morgan fingerprint density at radius 1 is 1.14 bits per heavy atom. The van der Waals surface area contributed by atoms with Gasteiger partial charge in [-0.3, -0.25) is 0 Å². The summed E-state index contributed by atoms with van der Waals surface area (Å²) in [5.74, 6) is 3.28. The van der Waals surface area contributed by atoms with E-state index in [9.17, 15) is 0 Å². The van der Waals surface area contributed by atoms with Crippen LogP contribution in [0, 0.1) is 11.8 Å². The van der Waals surface area contributed by atoms with E-state index in [2.05, 4.69) is 19.3 Å². The van der Waals surface area contributed by atoms with Crippen LogP contribution >= 0.6 is 0 Å². The van der Waals surface area contributed by atoms with Crippen LogP contribution in [0.25, 0.3) is 0 Å². The summed E-state index contributed by atoms with van der Waals surface area (Å²) in [6.45, 7) is 5.80. The molecular formula is C18H29NO2. The molecule has 1 aliphatic carbocycles. The molecule has 0 heterocycles. The van der Waals surface area contributed by atoms with Crippen molar-refractivity contribution in [2.45, 2.75) is 45.6 Å². The first kappa shape index (κ1) is 16.2. The zero-order chi connectivity index (χ0) is 15.1. The Morgan fingerprint density at radius 3 is 2.52 bits per heavy atom. The first-order valence-corrected chi connectivity index (χ1v) is 8.26. The van der Waals surface area contributed by atoms with Crippen molar-refractivity contribution >= 4 is 0 Å². The van der Waals surface area contributed by atoms with Crippen LogP contribution in [0.4, 0.5) is 0 Å². The zero-order valence-corrected chi connectivity index (χ0v) is 13.6. The van der Waals surface area contributed by atoms with E-state index in [-0.39, 0.29) is 0 Å². The molecule has 0 aromatic heterocycles. The van der Waals surface area contributed by atoms with E-state index in [1.807, 2.05) is 31.2 Å². The van der Waals surface area contributed by atoms with Gasteiger partial charge in [-0.1, -0.05) is 19.1 Å². The Kier molecular flexibility index (Phi) is 6.37. The number of para-hydroxylation sites is 2. The highest BCUT2D eigenvalue weighted by Crippen LogP contribution is 2.32. The van der Waals surface area contributed by atoms with Crippen LogP contribution in [0.2, 0.25) is 0 Å². The molecule has 1 aliphatic rings. The predicted octanol–water partition coefficient (Wildman–Crippen LogP) is 3.88. The maximum Gasteiger partial charge on any atom is 0.161 e. The van der Waals surface area contributed by atoms with Gasteiger partial charge in [0.2, 0.25) is 0 Å². The van der Waals surface area contributed by atoms with Crippen LogP contribution in [-0.2, 0) is 0 Å². The lowest BCUT2D eigenvalue weighted by Crippen LogP contribution is -2.38. The second-order valence-electron chi connectivity index (χ2n) is 6.09. The van der Waals surface area contributed by atoms with E-state index in [1.54, 1.807) is 0 Å². The monoisotopic (exact) mass is 291 g/mol. The number of hydrogen-bond acceptors (Lipinski definition) is 3. The minimum Gasteiger partial charge on any atom is -0.490 e. The van der Waals surface area contributed by atoms with Gasteiger partial charge in [-0.15, -0.1) is 0 Å². The van der Waals surface area contributed by atoms with Gasteiger partial charge in [0.15, 0.2) is 11.5 Å². The van der Waals surface area contributed by atoms with Gasteiger partial charge in [0.25, 0.3) is 0 Å². The van der Waals surface area contributed by atoms with Gasteiger partial charge in [-0.05, 0) is 63.6 Å². The average Bonchev–Trinajstić information content (AvgIpc) is 2.49. The molecule has 0 aliphatic heterocycles. The molecule has 0 spiro atoms. The normalized spacial score (nSPS) is 25.6. The van der Waals surface area contributed by atoms with Crippen molar-refractivity contribution < 1.29 is 9.47 Å². The van der Waals surface area contributed by atoms with Crippen LogP contribution in [0.15, 0.2) is 24.3 Å². The molecule has 1 aromatic carbocycles. The fourth-order valence-electron chi connectivity index (χ4n) is 3.36. The summed E-state index contributed by atoms with van der Waals surface area (Å²) in [6, 6.07) is 8.59. The SMILES string of the molecule is CCOc1ccccc1OCCC1CC(C)CCC1NC. The molecule has 0 radical (unpaired) electrons. The molecule has 21 heavy (non-hydrogen) atoms. The third kappa shape index (κ3) is 4.63. The van der Waals surface area contributed by atoms with Crippen LogP contribution < -0.4 is 14.8 Å². The molecular weight excluding hydrogens is 262 g/mol. The predicted molar refractivity (Wildman–Crippen MR) is 87.1 cm³/mol. The quantitative estimate of drug-likeness (QED) is 0.827. The Balaban J connectivity index is 1.85. The molecule has 3 atom stereocenters. The second-order valence-corrected chi connectivity index (χ2v) is 6.09. The Hall–Kier alpha value is -1.22. The number of nitrogens with one attached hydrogen (secondary N) is 1. The summed E-state index contributed by atoms with van der Waals surface area (Å²) in [7, 11) is 2.08. The molecule has 0 saturated heterocycles. The molecule has 1 fully saturated rings. The Morgan fingerprint density at radius 2 is 1.86 bits per heavy atom. The van der Waals surface area contributed by atoms with Crippen LogP contribution in [0.5, 0.6) is 11.5 Å². The Bertz CT molecular complexity index is 421. The standard InChI is InChI=1S/C18H29NO2/c1-4-20-17-7-5-6-8-18(17)21-12-11-15-13-14(2)9-10-16(15)19-3/h5-8,14-16,19H,4,9-13H2,1-3H3. The largest absolute Gasteiger partial charge is 0.490 e. The van der Waals surface area contributed by atoms with Crippen molar-refractivity contribution in [1.29, 1.82) is 0 Å². The van der Waals surface area contributed by atoms with Gasteiger partial charge in [-0.25, -0.2) is 0 Å². The molecule has 3 unspecified atom stereocenters. The highest BCUT2D eigenvalue weighted by molar-refractivity contribution is 5.39. The third-order valence-electron chi connectivity index (χ3n) is 4.51. The first-order chi connectivity index (χ1) is 10.2. The van der Waals surface area contributed by atoms with E-state index in [4.69, 9.17) is 9.47 Å². The minimum absolute atomic E-state index is 0.645. The number of ether oxygens (including phenoxy) is 2. The summed E-state index contributed by atoms with van der Waals surface area (Å²) in [5, 5.41) is 3.47. The number of benzene rings is 1. The Labute approximate surface area is 129 Å². The van der Waals surface area contributed by atoms with Gasteiger partial charge < -0.3 is 14.8 Å². The van der Waals surface area contributed by atoms with E-state index < -0.39 is 0 Å². The van der Waals surface area contributed by atoms with E-state index in [0.29, 0.717) is 12.6 Å². The molecule has 3 heteroatoms. The van der Waals surface area contributed by atoms with Crippen LogP contribution in [0.3, 0.4) is 0 Å². The van der Waals surface area contributed by atoms with Crippen molar-refractivity contribution in [2.24, 2.45) is 11.8 Å². The highest BCUT2D eigenvalue weighted by atomic mass is 16.5. The zero-order valence-electron chi connectivity index (χ0n) is 13.6. The summed E-state index contributed by atoms with van der Waals surface area (Å²) in [5.41, 5.74) is 0. The molecule has 2 rings (SSSR count). The van der Waals surface area contributed by atoms with Gasteiger partial charge in [0.1, 0.15) is 0 Å². The fraction of sp³-hybridized carbons (Fsp3) is 0.667. The highest BCUT2D eigenvalue weighted by Gasteiger charge is 2.27. The summed E-state index contributed by atoms with van der Waals surface area (Å²) < 4.78 is 11.6.